The molecule has 0 aliphatic rings. The van der Waals surface area contributed by atoms with Gasteiger partial charge in [0.15, 0.2) is 12.4 Å². The van der Waals surface area contributed by atoms with Crippen molar-refractivity contribution in [2.24, 2.45) is 7.05 Å². The van der Waals surface area contributed by atoms with Crippen LogP contribution in [0.5, 0.6) is 0 Å². The highest BCUT2D eigenvalue weighted by molar-refractivity contribution is 5.67. The smallest absolute Gasteiger partial charge is 0.407 e. The normalized spacial score (nSPS) is 10.4. The Morgan fingerprint density at radius 1 is 1.35 bits per heavy atom. The number of aromatic nitrogens is 1. The molecule has 0 bridgehead atoms. The van der Waals surface area contributed by atoms with E-state index in [4.69, 9.17) is 4.74 Å². The molecule has 0 spiro atoms. The monoisotopic (exact) mass is 350 g/mol. The maximum Gasteiger partial charge on any atom is 0.407 e. The summed E-state index contributed by atoms with van der Waals surface area (Å²) in [6.07, 6.45) is 3.49. The number of hydrogen-bond donors (Lipinski definition) is 1. The Kier molecular flexibility index (Phi) is 6.44. The Hall–Kier alpha value is -0.850. The highest BCUT2D eigenvalue weighted by Gasteiger charge is 2.15. The highest BCUT2D eigenvalue weighted by atomic mass is 127. The van der Waals surface area contributed by atoms with E-state index in [1.54, 1.807) is 0 Å². The molecule has 0 aromatic carbocycles. The number of aryl methyl sites for hydroxylation is 1. The molecule has 1 aromatic heterocycles. The first kappa shape index (κ1) is 16.1. The topological polar surface area (TPSA) is 42.2 Å². The van der Waals surface area contributed by atoms with E-state index in [1.807, 2.05) is 56.9 Å². The maximum absolute atomic E-state index is 11.4. The summed E-state index contributed by atoms with van der Waals surface area (Å²) >= 11 is 0. The van der Waals surface area contributed by atoms with E-state index in [2.05, 4.69) is 5.32 Å². The van der Waals surface area contributed by atoms with Crippen LogP contribution < -0.4 is 33.9 Å². The lowest BCUT2D eigenvalue weighted by atomic mass is 10.2. The van der Waals surface area contributed by atoms with E-state index in [1.165, 1.54) is 0 Å². The minimum Gasteiger partial charge on any atom is -1.00 e. The standard InChI is InChI=1S/C12H18N2O2.HI/c1-12(2,3)16-11(15)13-9-10-5-7-14(4)8-6-10;/h5-8H,9H2,1-4H3;1H. The van der Waals surface area contributed by atoms with Crippen LogP contribution in [-0.4, -0.2) is 11.7 Å². The Bertz CT molecular complexity index is 358. The Labute approximate surface area is 119 Å². The molecule has 0 saturated carbocycles. The summed E-state index contributed by atoms with van der Waals surface area (Å²) in [5.74, 6) is 0. The van der Waals surface area contributed by atoms with Gasteiger partial charge in [0.05, 0.1) is 0 Å². The van der Waals surface area contributed by atoms with Crippen LogP contribution in [0.15, 0.2) is 24.5 Å². The van der Waals surface area contributed by atoms with E-state index in [-0.39, 0.29) is 30.1 Å². The van der Waals surface area contributed by atoms with Crippen LogP contribution in [0.1, 0.15) is 26.3 Å². The van der Waals surface area contributed by atoms with Gasteiger partial charge in [-0.3, -0.25) is 0 Å². The SMILES string of the molecule is C[n+]1ccc(CNC(=O)OC(C)(C)C)cc1.[I-]. The highest BCUT2D eigenvalue weighted by Crippen LogP contribution is 2.06. The summed E-state index contributed by atoms with van der Waals surface area (Å²) < 4.78 is 7.07. The fraction of sp³-hybridized carbons (Fsp3) is 0.500. The van der Waals surface area contributed by atoms with Crippen LogP contribution in [0.25, 0.3) is 0 Å². The zero-order chi connectivity index (χ0) is 12.2. The molecule has 5 heteroatoms. The van der Waals surface area contributed by atoms with Crippen molar-refractivity contribution < 1.29 is 38.1 Å². The van der Waals surface area contributed by atoms with Crippen molar-refractivity contribution in [2.45, 2.75) is 32.9 Å². The van der Waals surface area contributed by atoms with Crippen molar-refractivity contribution in [1.82, 2.24) is 5.32 Å². The minimum atomic E-state index is -0.451. The summed E-state index contributed by atoms with van der Waals surface area (Å²) in [7, 11) is 1.95. The number of halogens is 1. The van der Waals surface area contributed by atoms with E-state index < -0.39 is 5.60 Å². The molecule has 1 aromatic rings. The molecule has 0 atom stereocenters. The van der Waals surface area contributed by atoms with Crippen molar-refractivity contribution in [3.8, 4) is 0 Å². The second kappa shape index (κ2) is 6.78. The molecule has 0 fully saturated rings. The Balaban J connectivity index is 0.00000256. The number of nitrogens with one attached hydrogen (secondary N) is 1. The number of carbonyl (C=O) groups is 1. The molecule has 4 nitrogen and oxygen atoms in total. The van der Waals surface area contributed by atoms with Gasteiger partial charge < -0.3 is 34.0 Å². The van der Waals surface area contributed by atoms with Gasteiger partial charge in [-0.1, -0.05) is 0 Å². The lowest BCUT2D eigenvalue weighted by Gasteiger charge is -2.19. The maximum atomic E-state index is 11.4. The molecule has 0 aliphatic carbocycles. The number of nitrogens with zero attached hydrogens (tertiary/aromatic N) is 1. The molecule has 1 N–H and O–H groups in total. The molecule has 96 valence electrons. The predicted molar refractivity (Wildman–Crippen MR) is 60.7 cm³/mol. The summed E-state index contributed by atoms with van der Waals surface area (Å²) in [5.41, 5.74) is 0.594. The van der Waals surface area contributed by atoms with E-state index in [0.717, 1.165) is 5.56 Å². The molecule has 0 radical (unpaired) electrons. The second-order valence-corrected chi connectivity index (χ2v) is 4.73. The summed E-state index contributed by atoms with van der Waals surface area (Å²) in [6.45, 7) is 6.01. The van der Waals surface area contributed by atoms with Gasteiger partial charge in [0.1, 0.15) is 12.6 Å². The number of hydrogen-bond acceptors (Lipinski definition) is 2. The third-order valence-electron chi connectivity index (χ3n) is 1.88. The number of pyridine rings is 1. The largest absolute Gasteiger partial charge is 1.00 e. The molecule has 0 unspecified atom stereocenters. The van der Waals surface area contributed by atoms with Crippen LogP contribution in [0.2, 0.25) is 0 Å². The molecule has 0 aliphatic heterocycles. The average molecular weight is 350 g/mol. The predicted octanol–water partition coefficient (Wildman–Crippen LogP) is -1.46. The second-order valence-electron chi connectivity index (χ2n) is 4.73. The molecule has 1 amide bonds. The van der Waals surface area contributed by atoms with E-state index in [0.29, 0.717) is 6.54 Å². The van der Waals surface area contributed by atoms with Crippen molar-refractivity contribution >= 4 is 6.09 Å². The Morgan fingerprint density at radius 2 is 1.88 bits per heavy atom. The first-order valence-electron chi connectivity index (χ1n) is 5.28. The van der Waals surface area contributed by atoms with Gasteiger partial charge in [0.2, 0.25) is 0 Å². The third kappa shape index (κ3) is 7.14. The van der Waals surface area contributed by atoms with Crippen LogP contribution in [0.3, 0.4) is 0 Å². The summed E-state index contributed by atoms with van der Waals surface area (Å²) in [4.78, 5) is 11.4. The molecule has 17 heavy (non-hydrogen) atoms. The summed E-state index contributed by atoms with van der Waals surface area (Å²) in [5, 5.41) is 2.70. The molecule has 1 rings (SSSR count). The van der Waals surface area contributed by atoms with E-state index >= 15 is 0 Å². The minimum absolute atomic E-state index is 0. The van der Waals surface area contributed by atoms with Crippen LogP contribution >= 0.6 is 0 Å². The zero-order valence-corrected chi connectivity index (χ0v) is 12.8. The van der Waals surface area contributed by atoms with Crippen molar-refractivity contribution in [3.05, 3.63) is 30.1 Å². The number of carbonyl (C=O) groups excluding carboxylic acids is 1. The quantitative estimate of drug-likeness (QED) is 0.523. The van der Waals surface area contributed by atoms with E-state index in [9.17, 15) is 4.79 Å². The van der Waals surface area contributed by atoms with Crippen molar-refractivity contribution in [1.29, 1.82) is 0 Å². The van der Waals surface area contributed by atoms with Crippen molar-refractivity contribution in [2.75, 3.05) is 0 Å². The molecular weight excluding hydrogens is 331 g/mol. The fourth-order valence-electron chi connectivity index (χ4n) is 1.14. The van der Waals surface area contributed by atoms with Crippen LogP contribution in [0, 0.1) is 0 Å². The Morgan fingerprint density at radius 3 is 2.35 bits per heavy atom. The number of amides is 1. The van der Waals surface area contributed by atoms with Gasteiger partial charge in [0, 0.05) is 18.7 Å². The van der Waals surface area contributed by atoms with Gasteiger partial charge in [-0.2, -0.15) is 0 Å². The number of alkyl carbamates (subject to hydrolysis) is 1. The van der Waals surface area contributed by atoms with Gasteiger partial charge >= 0.3 is 6.09 Å². The number of rotatable bonds is 2. The zero-order valence-electron chi connectivity index (χ0n) is 10.7. The number of ether oxygens (including phenoxy) is 1. The van der Waals surface area contributed by atoms with Gasteiger partial charge in [0.25, 0.3) is 0 Å². The van der Waals surface area contributed by atoms with Gasteiger partial charge in [-0.05, 0) is 26.3 Å². The van der Waals surface area contributed by atoms with Gasteiger partial charge in [-0.15, -0.1) is 0 Å². The van der Waals surface area contributed by atoms with Gasteiger partial charge in [-0.25, -0.2) is 9.36 Å². The van der Waals surface area contributed by atoms with Crippen molar-refractivity contribution in [3.63, 3.8) is 0 Å². The average Bonchev–Trinajstić information content (AvgIpc) is 2.14. The molecule has 0 saturated heterocycles. The van der Waals surface area contributed by atoms with Crippen LogP contribution in [0.4, 0.5) is 4.79 Å². The lowest BCUT2D eigenvalue weighted by molar-refractivity contribution is -0.671. The lowest BCUT2D eigenvalue weighted by Crippen LogP contribution is -3.00. The van der Waals surface area contributed by atoms with Crippen LogP contribution in [-0.2, 0) is 18.3 Å². The molecular formula is C12H19IN2O2. The molecule has 1 heterocycles. The fourth-order valence-corrected chi connectivity index (χ4v) is 1.14. The first-order chi connectivity index (χ1) is 7.37. The summed E-state index contributed by atoms with van der Waals surface area (Å²) in [6, 6.07) is 3.91. The third-order valence-corrected chi connectivity index (χ3v) is 1.88. The first-order valence-corrected chi connectivity index (χ1v) is 5.28.